The normalized spacial score (nSPS) is 12.4. The molecule has 0 aliphatic heterocycles. The molecule has 0 unspecified atom stereocenters. The molecule has 0 amide bonds. The third-order valence-corrected chi connectivity index (χ3v) is 3.30. The van der Waals surface area contributed by atoms with Gasteiger partial charge in [-0.1, -0.05) is 52.5 Å². The van der Waals surface area contributed by atoms with E-state index in [1.165, 1.54) is 16.7 Å². The molecule has 0 atom stereocenters. The Morgan fingerprint density at radius 1 is 1.32 bits per heavy atom. The fraction of sp³-hybridized carbons (Fsp3) is 0.444. The summed E-state index contributed by atoms with van der Waals surface area (Å²) in [7, 11) is 0. The monoisotopic (exact) mass is 257 g/mol. The molecule has 19 heavy (non-hydrogen) atoms. The first kappa shape index (κ1) is 15.6. The Hall–Kier alpha value is -1.50. The maximum Gasteiger partial charge on any atom is 0.0460 e. The summed E-state index contributed by atoms with van der Waals surface area (Å²) in [4.78, 5) is 0. The lowest BCUT2D eigenvalue weighted by molar-refractivity contribution is 0.509. The number of rotatable bonds is 4. The summed E-state index contributed by atoms with van der Waals surface area (Å²) in [6.07, 6.45) is 3.31. The predicted molar refractivity (Wildman–Crippen MR) is 87.3 cm³/mol. The molecule has 0 aliphatic carbocycles. The van der Waals surface area contributed by atoms with Gasteiger partial charge in [0.05, 0.1) is 0 Å². The molecular formula is C18H27N. The molecule has 0 bridgehead atoms. The van der Waals surface area contributed by atoms with Crippen LogP contribution in [-0.2, 0) is 0 Å². The maximum absolute atomic E-state index is 4.17. The van der Waals surface area contributed by atoms with E-state index in [1.807, 2.05) is 0 Å². The number of benzene rings is 1. The minimum absolute atomic E-state index is 0.0589. The Bertz CT molecular complexity index is 487. The number of aryl methyl sites for hydroxylation is 1. The van der Waals surface area contributed by atoms with Gasteiger partial charge in [-0.15, -0.1) is 0 Å². The van der Waals surface area contributed by atoms with Crippen LogP contribution in [0.3, 0.4) is 0 Å². The van der Waals surface area contributed by atoms with Gasteiger partial charge in [-0.3, -0.25) is 0 Å². The second kappa shape index (κ2) is 6.10. The topological polar surface area (TPSA) is 12.0 Å². The lowest BCUT2D eigenvalue weighted by atomic mass is 9.92. The molecular weight excluding hydrogens is 230 g/mol. The van der Waals surface area contributed by atoms with Crippen molar-refractivity contribution in [1.29, 1.82) is 0 Å². The summed E-state index contributed by atoms with van der Waals surface area (Å²) in [6, 6.07) is 6.54. The smallest absolute Gasteiger partial charge is 0.0460 e. The van der Waals surface area contributed by atoms with Crippen molar-refractivity contribution in [3.8, 4) is 0 Å². The van der Waals surface area contributed by atoms with Crippen molar-refractivity contribution in [3.05, 3.63) is 47.7 Å². The van der Waals surface area contributed by atoms with E-state index in [0.29, 0.717) is 0 Å². The average molecular weight is 257 g/mol. The third kappa shape index (κ3) is 4.27. The van der Waals surface area contributed by atoms with Crippen LogP contribution in [0.5, 0.6) is 0 Å². The molecule has 1 N–H and O–H groups in total. The zero-order chi connectivity index (χ0) is 14.6. The highest BCUT2D eigenvalue weighted by Crippen LogP contribution is 2.30. The Labute approximate surface area is 118 Å². The predicted octanol–water partition coefficient (Wildman–Crippen LogP) is 5.78. The summed E-state index contributed by atoms with van der Waals surface area (Å²) in [5.41, 5.74) is 6.09. The highest BCUT2D eigenvalue weighted by Gasteiger charge is 2.16. The summed E-state index contributed by atoms with van der Waals surface area (Å²) in [5, 5.41) is 3.50. The van der Waals surface area contributed by atoms with Crippen LogP contribution in [0.2, 0.25) is 0 Å². The van der Waals surface area contributed by atoms with Crippen LogP contribution >= 0.6 is 0 Å². The van der Waals surface area contributed by atoms with Gasteiger partial charge in [0.1, 0.15) is 0 Å². The fourth-order valence-corrected chi connectivity index (χ4v) is 1.87. The van der Waals surface area contributed by atoms with Crippen LogP contribution in [0.15, 0.2) is 36.6 Å². The highest BCUT2D eigenvalue weighted by atomic mass is 14.9. The van der Waals surface area contributed by atoms with Crippen LogP contribution in [0.1, 0.15) is 52.2 Å². The summed E-state index contributed by atoms with van der Waals surface area (Å²) >= 11 is 0. The number of allylic oxidation sites excluding steroid dienone is 3. The highest BCUT2D eigenvalue weighted by molar-refractivity contribution is 5.76. The second-order valence-electron chi connectivity index (χ2n) is 6.20. The molecule has 1 nitrogen and oxygen atoms in total. The van der Waals surface area contributed by atoms with Gasteiger partial charge in [-0.05, 0) is 37.5 Å². The molecule has 0 aromatic heterocycles. The van der Waals surface area contributed by atoms with E-state index in [1.54, 1.807) is 0 Å². The van der Waals surface area contributed by atoms with E-state index < -0.39 is 0 Å². The van der Waals surface area contributed by atoms with Gasteiger partial charge < -0.3 is 5.32 Å². The van der Waals surface area contributed by atoms with E-state index in [-0.39, 0.29) is 5.41 Å². The number of hydrogen-bond acceptors (Lipinski definition) is 1. The summed E-state index contributed by atoms with van der Waals surface area (Å²) in [5.74, 6) is 0. The van der Waals surface area contributed by atoms with Crippen LogP contribution < -0.4 is 5.32 Å². The second-order valence-corrected chi connectivity index (χ2v) is 6.20. The first-order chi connectivity index (χ1) is 8.75. The molecule has 1 aromatic carbocycles. The van der Waals surface area contributed by atoms with Gasteiger partial charge in [0.25, 0.3) is 0 Å². The standard InChI is InChI=1S/C18H27N/c1-8-9-14(3)16-11-10-13(2)12-17(16)19-15(4)18(5,6)7/h9-12,19H,4,8H2,1-3,5-7H3/b14-9+. The van der Waals surface area contributed by atoms with E-state index in [4.69, 9.17) is 0 Å². The van der Waals surface area contributed by atoms with Crippen molar-refractivity contribution in [2.75, 3.05) is 5.32 Å². The number of nitrogens with one attached hydrogen (secondary N) is 1. The van der Waals surface area contributed by atoms with Crippen LogP contribution in [0, 0.1) is 12.3 Å². The van der Waals surface area contributed by atoms with E-state index in [0.717, 1.165) is 17.8 Å². The molecule has 0 saturated heterocycles. The Morgan fingerprint density at radius 2 is 1.95 bits per heavy atom. The van der Waals surface area contributed by atoms with Crippen molar-refractivity contribution in [3.63, 3.8) is 0 Å². The quantitative estimate of drug-likeness (QED) is 0.721. The van der Waals surface area contributed by atoms with Gasteiger partial charge in [0.2, 0.25) is 0 Å². The first-order valence-corrected chi connectivity index (χ1v) is 7.00. The van der Waals surface area contributed by atoms with Crippen molar-refractivity contribution in [2.24, 2.45) is 5.41 Å². The Balaban J connectivity index is 3.15. The zero-order valence-electron chi connectivity index (χ0n) is 13.2. The van der Waals surface area contributed by atoms with Gasteiger partial charge >= 0.3 is 0 Å². The third-order valence-electron chi connectivity index (χ3n) is 3.30. The van der Waals surface area contributed by atoms with Crippen molar-refractivity contribution < 1.29 is 0 Å². The molecule has 0 aliphatic rings. The van der Waals surface area contributed by atoms with Crippen molar-refractivity contribution >= 4 is 11.3 Å². The molecule has 0 radical (unpaired) electrons. The Kier molecular flexibility index (Phi) is 4.99. The molecule has 0 fully saturated rings. The van der Waals surface area contributed by atoms with Crippen LogP contribution in [-0.4, -0.2) is 0 Å². The van der Waals surface area contributed by atoms with Crippen molar-refractivity contribution in [1.82, 2.24) is 0 Å². The first-order valence-electron chi connectivity index (χ1n) is 7.00. The SMILES string of the molecule is C=C(Nc1cc(C)ccc1/C(C)=C/CC)C(C)(C)C. The molecule has 1 heteroatoms. The van der Waals surface area contributed by atoms with Gasteiger partial charge in [0.15, 0.2) is 0 Å². The van der Waals surface area contributed by atoms with Crippen LogP contribution in [0.25, 0.3) is 5.57 Å². The fourth-order valence-electron chi connectivity index (χ4n) is 1.87. The summed E-state index contributed by atoms with van der Waals surface area (Å²) in [6.45, 7) is 17.1. The minimum Gasteiger partial charge on any atom is -0.358 e. The molecule has 104 valence electrons. The van der Waals surface area contributed by atoms with Gasteiger partial charge in [-0.2, -0.15) is 0 Å². The van der Waals surface area contributed by atoms with Gasteiger partial charge in [0, 0.05) is 22.4 Å². The Morgan fingerprint density at radius 3 is 2.47 bits per heavy atom. The largest absolute Gasteiger partial charge is 0.358 e. The van der Waals surface area contributed by atoms with E-state index in [2.05, 4.69) is 77.7 Å². The molecule has 1 rings (SSSR count). The zero-order valence-corrected chi connectivity index (χ0v) is 13.2. The van der Waals surface area contributed by atoms with Crippen LogP contribution in [0.4, 0.5) is 5.69 Å². The minimum atomic E-state index is 0.0589. The van der Waals surface area contributed by atoms with E-state index >= 15 is 0 Å². The lowest BCUT2D eigenvalue weighted by Crippen LogP contribution is -2.16. The molecule has 0 heterocycles. The number of hydrogen-bond donors (Lipinski definition) is 1. The maximum atomic E-state index is 4.17. The number of anilines is 1. The molecule has 0 spiro atoms. The summed E-state index contributed by atoms with van der Waals surface area (Å²) < 4.78 is 0. The lowest BCUT2D eigenvalue weighted by Gasteiger charge is -2.25. The van der Waals surface area contributed by atoms with Crippen molar-refractivity contribution in [2.45, 2.75) is 48.0 Å². The molecule has 0 saturated carbocycles. The van der Waals surface area contributed by atoms with Gasteiger partial charge in [-0.25, -0.2) is 0 Å². The average Bonchev–Trinajstić information content (AvgIpc) is 2.28. The molecule has 1 aromatic rings. The van der Waals surface area contributed by atoms with E-state index in [9.17, 15) is 0 Å².